The lowest BCUT2D eigenvalue weighted by Crippen LogP contribution is -2.40. The fourth-order valence-corrected chi connectivity index (χ4v) is 2.69. The van der Waals surface area contributed by atoms with Crippen molar-refractivity contribution < 1.29 is 9.16 Å². The molecule has 17 heavy (non-hydrogen) atoms. The Hall–Kier alpha value is -0.123. The van der Waals surface area contributed by atoms with Crippen LogP contribution in [-0.4, -0.2) is 28.1 Å². The molecule has 0 radical (unpaired) electrons. The van der Waals surface area contributed by atoms with Crippen LogP contribution < -0.4 is 0 Å². The molecule has 3 heteroatoms. The molecule has 0 amide bonds. The Bertz CT molecular complexity index is 256. The molecule has 0 spiro atoms. The summed E-state index contributed by atoms with van der Waals surface area (Å²) >= 11 is 0. The van der Waals surface area contributed by atoms with Crippen LogP contribution in [-0.2, 0) is 9.16 Å². The van der Waals surface area contributed by atoms with Gasteiger partial charge in [-0.2, -0.15) is 0 Å². The molecule has 0 unspecified atom stereocenters. The number of ether oxygens (including phenoxy) is 1. The Balaban J connectivity index is 2.28. The molecule has 2 nitrogen and oxygen atoms in total. The van der Waals surface area contributed by atoms with E-state index in [0.717, 1.165) is 39.1 Å². The van der Waals surface area contributed by atoms with Gasteiger partial charge in [-0.05, 0) is 37.4 Å². The van der Waals surface area contributed by atoms with Gasteiger partial charge >= 0.3 is 0 Å². The second-order valence-electron chi connectivity index (χ2n) is 6.37. The Morgan fingerprint density at radius 3 is 2.35 bits per heavy atom. The van der Waals surface area contributed by atoms with Gasteiger partial charge in [0.05, 0.1) is 13.2 Å². The summed E-state index contributed by atoms with van der Waals surface area (Å²) in [4.78, 5) is 0. The molecule has 1 rings (SSSR count). The first-order chi connectivity index (χ1) is 7.83. The minimum Gasteiger partial charge on any atom is -0.417 e. The van der Waals surface area contributed by atoms with E-state index in [1.807, 2.05) is 0 Å². The average molecular weight is 256 g/mol. The number of hydrogen-bond acceptors (Lipinski definition) is 2. The number of hydrogen-bond donors (Lipinski definition) is 0. The van der Waals surface area contributed by atoms with Crippen molar-refractivity contribution in [3.8, 4) is 0 Å². The van der Waals surface area contributed by atoms with Crippen molar-refractivity contribution in [2.75, 3.05) is 19.8 Å². The van der Waals surface area contributed by atoms with Crippen molar-refractivity contribution in [2.45, 2.75) is 58.2 Å². The zero-order valence-electron chi connectivity index (χ0n) is 12.1. The van der Waals surface area contributed by atoms with E-state index in [4.69, 9.17) is 9.16 Å². The predicted octanol–water partition coefficient (Wildman–Crippen LogP) is 4.14. The van der Waals surface area contributed by atoms with Crippen LogP contribution in [0.15, 0.2) is 11.6 Å². The van der Waals surface area contributed by atoms with Gasteiger partial charge in [-0.25, -0.2) is 0 Å². The highest BCUT2D eigenvalue weighted by molar-refractivity contribution is 6.74. The smallest absolute Gasteiger partial charge is 0.191 e. The van der Waals surface area contributed by atoms with Crippen LogP contribution in [0.5, 0.6) is 0 Å². The molecule has 0 aromatic heterocycles. The zero-order valence-corrected chi connectivity index (χ0v) is 13.1. The van der Waals surface area contributed by atoms with Gasteiger partial charge in [0.15, 0.2) is 8.32 Å². The second kappa shape index (κ2) is 6.16. The molecule has 1 saturated heterocycles. The molecular weight excluding hydrogens is 228 g/mol. The molecular formula is C14H28O2Si. The minimum atomic E-state index is -1.55. The molecule has 0 N–H and O–H groups in total. The topological polar surface area (TPSA) is 18.5 Å². The standard InChI is InChI=1S/C14H28O2Si/c1-14(2,3)17(4,5)16-10-6-7-13-8-11-15-12-9-13/h7H,6,8-12H2,1-5H3. The molecule has 1 aliphatic rings. The van der Waals surface area contributed by atoms with E-state index in [-0.39, 0.29) is 0 Å². The maximum absolute atomic E-state index is 6.15. The van der Waals surface area contributed by atoms with E-state index >= 15 is 0 Å². The van der Waals surface area contributed by atoms with Gasteiger partial charge in [-0.1, -0.05) is 32.4 Å². The van der Waals surface area contributed by atoms with E-state index in [9.17, 15) is 0 Å². The van der Waals surface area contributed by atoms with Crippen molar-refractivity contribution in [2.24, 2.45) is 0 Å². The second-order valence-corrected chi connectivity index (χ2v) is 11.2. The molecule has 1 fully saturated rings. The first kappa shape index (κ1) is 14.9. The Morgan fingerprint density at radius 1 is 1.24 bits per heavy atom. The average Bonchev–Trinajstić information content (AvgIpc) is 2.24. The lowest BCUT2D eigenvalue weighted by Gasteiger charge is -2.36. The fraction of sp³-hybridized carbons (Fsp3) is 0.857. The van der Waals surface area contributed by atoms with Crippen LogP contribution in [0.4, 0.5) is 0 Å². The minimum absolute atomic E-state index is 0.318. The van der Waals surface area contributed by atoms with E-state index in [0.29, 0.717) is 5.04 Å². The SMILES string of the molecule is CC(C)(C)[Si](C)(C)OCCC=C1CCOCC1. The summed E-state index contributed by atoms with van der Waals surface area (Å²) in [5.41, 5.74) is 1.55. The highest BCUT2D eigenvalue weighted by atomic mass is 28.4. The van der Waals surface area contributed by atoms with E-state index in [2.05, 4.69) is 39.9 Å². The molecule has 0 aromatic rings. The highest BCUT2D eigenvalue weighted by Crippen LogP contribution is 2.36. The summed E-state index contributed by atoms with van der Waals surface area (Å²) in [7, 11) is -1.55. The summed E-state index contributed by atoms with van der Waals surface area (Å²) in [6.45, 7) is 14.2. The van der Waals surface area contributed by atoms with Crippen LogP contribution in [0, 0.1) is 0 Å². The van der Waals surface area contributed by atoms with Crippen molar-refractivity contribution in [1.82, 2.24) is 0 Å². The maximum atomic E-state index is 6.15. The zero-order chi connectivity index (χ0) is 12.9. The van der Waals surface area contributed by atoms with Gasteiger partial charge in [0.1, 0.15) is 0 Å². The lowest BCUT2D eigenvalue weighted by atomic mass is 10.1. The van der Waals surface area contributed by atoms with Crippen molar-refractivity contribution >= 4 is 8.32 Å². The Morgan fingerprint density at radius 2 is 1.82 bits per heavy atom. The predicted molar refractivity (Wildman–Crippen MR) is 75.9 cm³/mol. The van der Waals surface area contributed by atoms with Crippen LogP contribution >= 0.6 is 0 Å². The van der Waals surface area contributed by atoms with Gasteiger partial charge in [-0.15, -0.1) is 0 Å². The molecule has 1 heterocycles. The monoisotopic (exact) mass is 256 g/mol. The molecule has 0 aliphatic carbocycles. The van der Waals surface area contributed by atoms with Crippen LogP contribution in [0.2, 0.25) is 18.1 Å². The quantitative estimate of drug-likeness (QED) is 0.428. The Labute approximate surface area is 108 Å². The molecule has 0 bridgehead atoms. The highest BCUT2D eigenvalue weighted by Gasteiger charge is 2.36. The first-order valence-electron chi connectivity index (χ1n) is 6.72. The molecule has 1 aliphatic heterocycles. The third kappa shape index (κ3) is 4.94. The van der Waals surface area contributed by atoms with Crippen molar-refractivity contribution in [1.29, 1.82) is 0 Å². The van der Waals surface area contributed by atoms with Crippen LogP contribution in [0.1, 0.15) is 40.0 Å². The third-order valence-corrected chi connectivity index (χ3v) is 8.49. The Kier molecular flexibility index (Phi) is 5.42. The van der Waals surface area contributed by atoms with E-state index in [1.54, 1.807) is 5.57 Å². The summed E-state index contributed by atoms with van der Waals surface area (Å²) < 4.78 is 11.5. The van der Waals surface area contributed by atoms with Crippen LogP contribution in [0.25, 0.3) is 0 Å². The van der Waals surface area contributed by atoms with Crippen molar-refractivity contribution in [3.63, 3.8) is 0 Å². The molecule has 0 aromatic carbocycles. The van der Waals surface area contributed by atoms with Crippen molar-refractivity contribution in [3.05, 3.63) is 11.6 Å². The third-order valence-electron chi connectivity index (χ3n) is 3.95. The van der Waals surface area contributed by atoms with Gasteiger partial charge < -0.3 is 9.16 Å². The normalized spacial score (nSPS) is 18.3. The number of rotatable bonds is 4. The summed E-state index contributed by atoms with van der Waals surface area (Å²) in [6, 6.07) is 0. The summed E-state index contributed by atoms with van der Waals surface area (Å²) in [6.07, 6.45) is 5.64. The van der Waals surface area contributed by atoms with E-state index < -0.39 is 8.32 Å². The molecule has 0 saturated carbocycles. The van der Waals surface area contributed by atoms with Gasteiger partial charge in [0.25, 0.3) is 0 Å². The van der Waals surface area contributed by atoms with Gasteiger partial charge in [0.2, 0.25) is 0 Å². The first-order valence-corrected chi connectivity index (χ1v) is 9.63. The largest absolute Gasteiger partial charge is 0.417 e. The molecule has 100 valence electrons. The van der Waals surface area contributed by atoms with Crippen LogP contribution in [0.3, 0.4) is 0 Å². The summed E-state index contributed by atoms with van der Waals surface area (Å²) in [5.74, 6) is 0. The maximum Gasteiger partial charge on any atom is 0.191 e. The van der Waals surface area contributed by atoms with Gasteiger partial charge in [-0.3, -0.25) is 0 Å². The lowest BCUT2D eigenvalue weighted by molar-refractivity contribution is 0.119. The van der Waals surface area contributed by atoms with Gasteiger partial charge in [0, 0.05) is 6.61 Å². The van der Waals surface area contributed by atoms with E-state index in [1.165, 1.54) is 0 Å². The summed E-state index contributed by atoms with van der Waals surface area (Å²) in [5, 5.41) is 0.318. The molecule has 0 atom stereocenters. The fourth-order valence-electron chi connectivity index (χ4n) is 1.63.